The Morgan fingerprint density at radius 2 is 1.32 bits per heavy atom. The van der Waals surface area contributed by atoms with Crippen LogP contribution < -0.4 is 29.6 Å². The molecule has 0 amide bonds. The van der Waals surface area contributed by atoms with Gasteiger partial charge in [-0.2, -0.15) is 0 Å². The molecule has 1 aromatic carbocycles. The second-order valence-electron chi connectivity index (χ2n) is 5.75. The molecule has 7 heteroatoms. The van der Waals surface area contributed by atoms with Crippen molar-refractivity contribution < 1.29 is 51.8 Å². The molecule has 0 unspecified atom stereocenters. The van der Waals surface area contributed by atoms with Crippen LogP contribution in [0.4, 0.5) is 0 Å². The molecular weight excluding hydrogens is 351 g/mol. The maximum atomic E-state index is 10.1. The van der Waals surface area contributed by atoms with Crippen molar-refractivity contribution in [2.45, 2.75) is 71.1 Å². The van der Waals surface area contributed by atoms with Crippen molar-refractivity contribution in [2.24, 2.45) is 0 Å². The number of phenols is 1. The fraction of sp³-hybridized carbons (Fsp3) is 0.667. The molecule has 0 heterocycles. The number of para-hydroxylation sites is 1. The molecule has 0 saturated carbocycles. The molecule has 1 rings (SSSR count). The monoisotopic (exact) mass is 382 g/mol. The van der Waals surface area contributed by atoms with Gasteiger partial charge in [0.05, 0.1) is 6.61 Å². The summed E-state index contributed by atoms with van der Waals surface area (Å²) in [6.45, 7) is 2.24. The summed E-state index contributed by atoms with van der Waals surface area (Å²) in [4.78, 5) is 0. The first-order valence-electron chi connectivity index (χ1n) is 8.80. The van der Waals surface area contributed by atoms with Crippen molar-refractivity contribution in [3.05, 3.63) is 30.3 Å². The Bertz CT molecular complexity index is 479. The summed E-state index contributed by atoms with van der Waals surface area (Å²) in [5.41, 5.74) is 0. The van der Waals surface area contributed by atoms with Crippen molar-refractivity contribution in [1.29, 1.82) is 0 Å². The molecule has 0 aromatic heterocycles. The van der Waals surface area contributed by atoms with E-state index in [9.17, 15) is 13.0 Å². The van der Waals surface area contributed by atoms with Crippen LogP contribution >= 0.6 is 0 Å². The summed E-state index contributed by atoms with van der Waals surface area (Å²) in [6.07, 6.45) is 11.7. The van der Waals surface area contributed by atoms with Crippen molar-refractivity contribution in [1.82, 2.24) is 0 Å². The predicted molar refractivity (Wildman–Crippen MR) is 95.6 cm³/mol. The molecule has 0 fully saturated rings. The van der Waals surface area contributed by atoms with Crippen molar-refractivity contribution >= 4 is 10.4 Å². The van der Waals surface area contributed by atoms with E-state index in [1.54, 1.807) is 24.3 Å². The van der Waals surface area contributed by atoms with E-state index >= 15 is 0 Å². The Morgan fingerprint density at radius 3 is 1.68 bits per heavy atom. The van der Waals surface area contributed by atoms with E-state index in [-0.39, 0.29) is 36.2 Å². The summed E-state index contributed by atoms with van der Waals surface area (Å²) < 4.78 is 34.5. The van der Waals surface area contributed by atoms with Crippen molar-refractivity contribution in [3.8, 4) is 5.75 Å². The minimum absolute atomic E-state index is 0. The number of benzene rings is 1. The topological polar surface area (TPSA) is 86.7 Å². The Balaban J connectivity index is 0. The standard InChI is InChI=1S/C12H26O4S.C6H6O.Na/c1-2-3-4-5-6-7-8-9-10-11-12-16-17(13,14)15;7-6-4-2-1-3-5-6;/h2-12H2,1H3,(H,13,14,15);1-5,7H;/q;;+1/p-1. The fourth-order valence-corrected chi connectivity index (χ4v) is 2.50. The van der Waals surface area contributed by atoms with Gasteiger partial charge in [0, 0.05) is 0 Å². The normalized spacial score (nSPS) is 10.5. The van der Waals surface area contributed by atoms with Crippen LogP contribution in [0.15, 0.2) is 30.3 Å². The Kier molecular flexibility index (Phi) is 20.3. The molecule has 1 N–H and O–H groups in total. The van der Waals surface area contributed by atoms with Crippen molar-refractivity contribution in [3.63, 3.8) is 0 Å². The first kappa shape index (κ1) is 27.1. The maximum absolute atomic E-state index is 10.1. The first-order valence-corrected chi connectivity index (χ1v) is 10.1. The van der Waals surface area contributed by atoms with Gasteiger partial charge in [0.1, 0.15) is 5.75 Å². The average molecular weight is 382 g/mol. The third-order valence-electron chi connectivity index (χ3n) is 3.48. The average Bonchev–Trinajstić information content (AvgIpc) is 2.53. The molecule has 1 aromatic rings. The van der Waals surface area contributed by atoms with Crippen LogP contribution in [0, 0.1) is 0 Å². The number of phenolic OH excluding ortho intramolecular Hbond substituents is 1. The number of unbranched alkanes of at least 4 members (excludes halogenated alkanes) is 9. The van der Waals surface area contributed by atoms with Gasteiger partial charge in [-0.05, 0) is 18.6 Å². The van der Waals surface area contributed by atoms with Crippen LogP contribution in [0.3, 0.4) is 0 Å². The quantitative estimate of drug-likeness (QED) is 0.258. The Labute approximate surface area is 175 Å². The van der Waals surface area contributed by atoms with E-state index in [2.05, 4.69) is 11.1 Å². The zero-order chi connectivity index (χ0) is 18.1. The summed E-state index contributed by atoms with van der Waals surface area (Å²) in [6, 6.07) is 8.71. The smallest absolute Gasteiger partial charge is 0.726 e. The number of rotatable bonds is 12. The number of hydrogen-bond donors (Lipinski definition) is 1. The van der Waals surface area contributed by atoms with E-state index < -0.39 is 10.4 Å². The minimum atomic E-state index is -4.48. The molecule has 0 atom stereocenters. The van der Waals surface area contributed by atoms with Gasteiger partial charge in [0.2, 0.25) is 10.4 Å². The summed E-state index contributed by atoms with van der Waals surface area (Å²) in [5.74, 6) is 0.322. The largest absolute Gasteiger partial charge is 1.00 e. The van der Waals surface area contributed by atoms with Crippen LogP contribution in [0.1, 0.15) is 71.1 Å². The van der Waals surface area contributed by atoms with Gasteiger partial charge in [-0.1, -0.05) is 82.9 Å². The van der Waals surface area contributed by atoms with Gasteiger partial charge in [0.25, 0.3) is 0 Å². The first-order chi connectivity index (χ1) is 11.5. The fourth-order valence-electron chi connectivity index (χ4n) is 2.18. The molecule has 0 spiro atoms. The molecule has 0 aliphatic carbocycles. The van der Waals surface area contributed by atoms with Gasteiger partial charge in [-0.15, -0.1) is 0 Å². The van der Waals surface area contributed by atoms with Gasteiger partial charge in [-0.3, -0.25) is 4.18 Å². The van der Waals surface area contributed by atoms with Crippen molar-refractivity contribution in [2.75, 3.05) is 6.61 Å². The van der Waals surface area contributed by atoms with Crippen LogP contribution in [0.25, 0.3) is 0 Å². The Hall–Kier alpha value is -0.110. The van der Waals surface area contributed by atoms with Gasteiger partial charge in [-0.25, -0.2) is 8.42 Å². The van der Waals surface area contributed by atoms with Crippen LogP contribution in [0.2, 0.25) is 0 Å². The van der Waals surface area contributed by atoms with Gasteiger partial charge >= 0.3 is 29.6 Å². The second kappa shape index (κ2) is 18.7. The molecule has 0 saturated heterocycles. The van der Waals surface area contributed by atoms with Crippen LogP contribution in [0.5, 0.6) is 5.75 Å². The number of aromatic hydroxyl groups is 1. The molecular formula is C18H31NaO5S. The minimum Gasteiger partial charge on any atom is -0.726 e. The van der Waals surface area contributed by atoms with Crippen LogP contribution in [-0.2, 0) is 14.6 Å². The molecule has 0 bridgehead atoms. The zero-order valence-corrected chi connectivity index (χ0v) is 18.5. The van der Waals surface area contributed by atoms with E-state index in [0.717, 1.165) is 12.8 Å². The second-order valence-corrected chi connectivity index (χ2v) is 6.80. The molecule has 25 heavy (non-hydrogen) atoms. The zero-order valence-electron chi connectivity index (χ0n) is 15.7. The van der Waals surface area contributed by atoms with E-state index in [1.807, 2.05) is 6.07 Å². The molecule has 140 valence electrons. The summed E-state index contributed by atoms with van der Waals surface area (Å²) >= 11 is 0. The van der Waals surface area contributed by atoms with Gasteiger partial charge in [0.15, 0.2) is 0 Å². The number of hydrogen-bond acceptors (Lipinski definition) is 5. The van der Waals surface area contributed by atoms with E-state index in [1.165, 1.54) is 44.9 Å². The summed E-state index contributed by atoms with van der Waals surface area (Å²) in [5, 5.41) is 8.63. The maximum Gasteiger partial charge on any atom is 1.00 e. The van der Waals surface area contributed by atoms with E-state index in [0.29, 0.717) is 12.2 Å². The molecule has 0 aliphatic rings. The Morgan fingerprint density at radius 1 is 0.880 bits per heavy atom. The third-order valence-corrected chi connectivity index (χ3v) is 3.94. The summed E-state index contributed by atoms with van der Waals surface area (Å²) in [7, 11) is -4.48. The van der Waals surface area contributed by atoms with Gasteiger partial charge < -0.3 is 9.66 Å². The van der Waals surface area contributed by atoms with Crippen LogP contribution in [-0.4, -0.2) is 24.7 Å². The SMILES string of the molecule is CCCCCCCCCCCCOS(=O)(=O)[O-].Oc1ccccc1.[Na+]. The molecule has 0 aliphatic heterocycles. The molecule has 0 radical (unpaired) electrons. The van der Waals surface area contributed by atoms with E-state index in [4.69, 9.17) is 5.11 Å². The molecule has 5 nitrogen and oxygen atoms in total. The predicted octanol–water partition coefficient (Wildman–Crippen LogP) is 1.78. The third kappa shape index (κ3) is 23.9.